The molecule has 1 aromatic heterocycles. The number of hydrogen-bond donors (Lipinski definition) is 1. The molecular formula is C18H31ClN4O2. The van der Waals surface area contributed by atoms with E-state index in [1.54, 1.807) is 0 Å². The molecule has 1 aromatic rings. The average Bonchev–Trinajstić information content (AvgIpc) is 3.24. The summed E-state index contributed by atoms with van der Waals surface area (Å²) in [5.41, 5.74) is 0. The van der Waals surface area contributed by atoms with E-state index < -0.39 is 0 Å². The number of rotatable bonds is 5. The Bertz CT molecular complexity index is 557. The predicted molar refractivity (Wildman–Crippen MR) is 98.7 cm³/mol. The van der Waals surface area contributed by atoms with Gasteiger partial charge in [0.25, 0.3) is 0 Å². The summed E-state index contributed by atoms with van der Waals surface area (Å²) in [6.07, 6.45) is 5.02. The summed E-state index contributed by atoms with van der Waals surface area (Å²) in [6.45, 7) is 9.25. The minimum Gasteiger partial charge on any atom is -0.339 e. The van der Waals surface area contributed by atoms with Gasteiger partial charge in [0, 0.05) is 18.9 Å². The van der Waals surface area contributed by atoms with Crippen LogP contribution < -0.4 is 5.32 Å². The molecule has 1 amide bonds. The Morgan fingerprint density at radius 3 is 2.76 bits per heavy atom. The quantitative estimate of drug-likeness (QED) is 0.860. The fraction of sp³-hybridized carbons (Fsp3) is 0.833. The van der Waals surface area contributed by atoms with E-state index in [1.165, 1.54) is 12.8 Å². The largest absolute Gasteiger partial charge is 0.339 e. The molecular weight excluding hydrogens is 340 g/mol. The first kappa shape index (κ1) is 20.2. The number of aromatic nitrogens is 2. The number of carbonyl (C=O) groups excluding carboxylic acids is 1. The van der Waals surface area contributed by atoms with Crippen molar-refractivity contribution >= 4 is 18.3 Å². The van der Waals surface area contributed by atoms with Crippen LogP contribution in [0, 0.1) is 11.8 Å². The number of carbonyl (C=O) groups is 1. The van der Waals surface area contributed by atoms with Crippen molar-refractivity contribution in [1.82, 2.24) is 20.4 Å². The molecule has 142 valence electrons. The predicted octanol–water partition coefficient (Wildman–Crippen LogP) is 3.30. The van der Waals surface area contributed by atoms with E-state index in [-0.39, 0.29) is 30.3 Å². The van der Waals surface area contributed by atoms with Crippen LogP contribution in [0.3, 0.4) is 0 Å². The van der Waals surface area contributed by atoms with Crippen LogP contribution in [-0.4, -0.2) is 40.6 Å². The molecule has 2 fully saturated rings. The van der Waals surface area contributed by atoms with Crippen molar-refractivity contribution in [1.29, 1.82) is 0 Å². The van der Waals surface area contributed by atoms with Gasteiger partial charge in [0.05, 0.1) is 6.04 Å². The maximum atomic E-state index is 12.8. The molecule has 3 rings (SSSR count). The summed E-state index contributed by atoms with van der Waals surface area (Å²) in [5, 5.41) is 7.58. The molecule has 0 radical (unpaired) electrons. The van der Waals surface area contributed by atoms with E-state index >= 15 is 0 Å². The standard InChI is InChI=1S/C18H30N4O2.ClH/c1-12(2)18-20-17(21-24-18)15-7-5-9-22(15)16(23)10-13(3)14-6-4-8-19-11-14;/h12-15,19H,4-11H2,1-3H3;1H. The molecule has 0 bridgehead atoms. The van der Waals surface area contributed by atoms with Gasteiger partial charge in [-0.25, -0.2) is 0 Å². The van der Waals surface area contributed by atoms with Crippen LogP contribution >= 0.6 is 12.4 Å². The zero-order valence-corrected chi connectivity index (χ0v) is 16.3. The summed E-state index contributed by atoms with van der Waals surface area (Å²) in [5.74, 6) is 2.83. The summed E-state index contributed by atoms with van der Waals surface area (Å²) in [6, 6.07) is -0.00886. The fourth-order valence-corrected chi connectivity index (χ4v) is 3.87. The molecule has 2 aliphatic rings. The van der Waals surface area contributed by atoms with E-state index in [0.717, 1.165) is 32.5 Å². The van der Waals surface area contributed by atoms with E-state index in [0.29, 0.717) is 30.0 Å². The Morgan fingerprint density at radius 1 is 1.32 bits per heavy atom. The van der Waals surface area contributed by atoms with Gasteiger partial charge in [-0.05, 0) is 50.6 Å². The van der Waals surface area contributed by atoms with Crippen LogP contribution in [0.25, 0.3) is 0 Å². The van der Waals surface area contributed by atoms with E-state index in [9.17, 15) is 4.79 Å². The first-order chi connectivity index (χ1) is 11.6. The Morgan fingerprint density at radius 2 is 2.12 bits per heavy atom. The highest BCUT2D eigenvalue weighted by Crippen LogP contribution is 2.33. The second-order valence-corrected chi connectivity index (χ2v) is 7.68. The molecule has 25 heavy (non-hydrogen) atoms. The van der Waals surface area contributed by atoms with Crippen molar-refractivity contribution in [3.8, 4) is 0 Å². The van der Waals surface area contributed by atoms with E-state index in [1.807, 2.05) is 18.7 Å². The van der Waals surface area contributed by atoms with Crippen molar-refractivity contribution in [2.75, 3.05) is 19.6 Å². The first-order valence-corrected chi connectivity index (χ1v) is 9.40. The lowest BCUT2D eigenvalue weighted by Crippen LogP contribution is -2.37. The first-order valence-electron chi connectivity index (χ1n) is 9.40. The smallest absolute Gasteiger partial charge is 0.229 e. The lowest BCUT2D eigenvalue weighted by atomic mass is 9.85. The summed E-state index contributed by atoms with van der Waals surface area (Å²) in [7, 11) is 0. The SMILES string of the molecule is CC(C)c1nc(C2CCCN2C(=O)CC(C)C2CCCNC2)no1.Cl. The van der Waals surface area contributed by atoms with Gasteiger partial charge in [-0.1, -0.05) is 25.9 Å². The Labute approximate surface area is 156 Å². The van der Waals surface area contributed by atoms with Gasteiger partial charge in [0.15, 0.2) is 5.82 Å². The van der Waals surface area contributed by atoms with Gasteiger partial charge in [0.2, 0.25) is 11.8 Å². The second kappa shape index (κ2) is 8.99. The van der Waals surface area contributed by atoms with Crippen LogP contribution in [0.2, 0.25) is 0 Å². The monoisotopic (exact) mass is 370 g/mol. The molecule has 2 saturated heterocycles. The molecule has 0 saturated carbocycles. The maximum absolute atomic E-state index is 12.8. The molecule has 3 atom stereocenters. The van der Waals surface area contributed by atoms with E-state index in [2.05, 4.69) is 22.4 Å². The number of nitrogens with one attached hydrogen (secondary N) is 1. The van der Waals surface area contributed by atoms with Crippen LogP contribution in [0.1, 0.15) is 76.6 Å². The van der Waals surface area contributed by atoms with Crippen molar-refractivity contribution in [3.05, 3.63) is 11.7 Å². The number of hydrogen-bond acceptors (Lipinski definition) is 5. The number of nitrogens with zero attached hydrogens (tertiary/aromatic N) is 3. The van der Waals surface area contributed by atoms with Crippen molar-refractivity contribution in [2.24, 2.45) is 11.8 Å². The molecule has 1 N–H and O–H groups in total. The molecule has 6 nitrogen and oxygen atoms in total. The summed E-state index contributed by atoms with van der Waals surface area (Å²) in [4.78, 5) is 19.3. The second-order valence-electron chi connectivity index (χ2n) is 7.68. The maximum Gasteiger partial charge on any atom is 0.229 e. The minimum atomic E-state index is -0.00886. The van der Waals surface area contributed by atoms with Crippen LogP contribution in [-0.2, 0) is 4.79 Å². The van der Waals surface area contributed by atoms with Crippen LogP contribution in [0.5, 0.6) is 0 Å². The normalized spacial score (nSPS) is 25.0. The van der Waals surface area contributed by atoms with Gasteiger partial charge in [-0.15, -0.1) is 12.4 Å². The highest BCUT2D eigenvalue weighted by atomic mass is 35.5. The third-order valence-electron chi connectivity index (χ3n) is 5.46. The molecule has 3 unspecified atom stereocenters. The van der Waals surface area contributed by atoms with Crippen LogP contribution in [0.4, 0.5) is 0 Å². The van der Waals surface area contributed by atoms with Gasteiger partial charge < -0.3 is 14.7 Å². The average molecular weight is 371 g/mol. The van der Waals surface area contributed by atoms with Gasteiger partial charge in [-0.2, -0.15) is 4.98 Å². The lowest BCUT2D eigenvalue weighted by molar-refractivity contribution is -0.133. The number of piperidine rings is 1. The van der Waals surface area contributed by atoms with E-state index in [4.69, 9.17) is 4.52 Å². The van der Waals surface area contributed by atoms with Crippen molar-refractivity contribution < 1.29 is 9.32 Å². The molecule has 3 heterocycles. The third kappa shape index (κ3) is 4.73. The Hall–Kier alpha value is -1.14. The zero-order valence-electron chi connectivity index (χ0n) is 15.5. The van der Waals surface area contributed by atoms with Gasteiger partial charge in [-0.3, -0.25) is 4.79 Å². The molecule has 0 aliphatic carbocycles. The minimum absolute atomic E-state index is 0. The molecule has 0 spiro atoms. The highest BCUT2D eigenvalue weighted by Gasteiger charge is 2.34. The number of amides is 1. The topological polar surface area (TPSA) is 71.3 Å². The third-order valence-corrected chi connectivity index (χ3v) is 5.46. The zero-order chi connectivity index (χ0) is 17.1. The van der Waals surface area contributed by atoms with Crippen molar-refractivity contribution in [3.63, 3.8) is 0 Å². The Balaban J connectivity index is 0.00000225. The molecule has 2 aliphatic heterocycles. The summed E-state index contributed by atoms with van der Waals surface area (Å²) < 4.78 is 5.34. The number of halogens is 1. The summed E-state index contributed by atoms with van der Waals surface area (Å²) >= 11 is 0. The fourth-order valence-electron chi connectivity index (χ4n) is 3.87. The van der Waals surface area contributed by atoms with Crippen LogP contribution in [0.15, 0.2) is 4.52 Å². The van der Waals surface area contributed by atoms with Crippen molar-refractivity contribution in [2.45, 2.75) is 64.8 Å². The lowest BCUT2D eigenvalue weighted by Gasteiger charge is -2.30. The Kier molecular flexibility index (Phi) is 7.25. The van der Waals surface area contributed by atoms with Gasteiger partial charge in [0.1, 0.15) is 0 Å². The molecule has 7 heteroatoms. The number of likely N-dealkylation sites (tertiary alicyclic amines) is 1. The van der Waals surface area contributed by atoms with Gasteiger partial charge >= 0.3 is 0 Å². The molecule has 0 aromatic carbocycles. The highest BCUT2D eigenvalue weighted by molar-refractivity contribution is 5.85.